The summed E-state index contributed by atoms with van der Waals surface area (Å²) in [4.78, 5) is 16.2. The van der Waals surface area contributed by atoms with Crippen LogP contribution in [0.1, 0.15) is 29.8 Å². The Hall–Kier alpha value is -2.25. The van der Waals surface area contributed by atoms with Crippen molar-refractivity contribution in [2.45, 2.75) is 25.3 Å². The lowest BCUT2D eigenvalue weighted by Gasteiger charge is -2.09. The standard InChI is InChI=1S/C17H21N3O3S/c1-13(2)11-20-24(22,23)16-5-3-15(4-6-16)17(21)19-12-14-7-9-18-10-8-14/h3-10,13,20H,11-12H2,1-2H3,(H,19,21). The maximum atomic E-state index is 12.1. The quantitative estimate of drug-likeness (QED) is 0.801. The number of hydrogen-bond donors (Lipinski definition) is 2. The van der Waals surface area contributed by atoms with Gasteiger partial charge in [-0.2, -0.15) is 0 Å². The van der Waals surface area contributed by atoms with Crippen molar-refractivity contribution in [1.29, 1.82) is 0 Å². The molecule has 0 aliphatic heterocycles. The van der Waals surface area contributed by atoms with Crippen LogP contribution in [0.4, 0.5) is 0 Å². The Labute approximate surface area is 142 Å². The van der Waals surface area contributed by atoms with Gasteiger partial charge in [-0.25, -0.2) is 13.1 Å². The predicted octanol–water partition coefficient (Wildman–Crippen LogP) is 1.95. The average Bonchev–Trinajstić information content (AvgIpc) is 2.59. The molecule has 1 aromatic carbocycles. The summed E-state index contributed by atoms with van der Waals surface area (Å²) in [7, 11) is -3.54. The van der Waals surface area contributed by atoms with Crippen LogP contribution in [-0.2, 0) is 16.6 Å². The van der Waals surface area contributed by atoms with Crippen LogP contribution in [-0.4, -0.2) is 25.9 Å². The molecule has 1 aromatic heterocycles. The van der Waals surface area contributed by atoms with Crippen molar-refractivity contribution in [3.05, 3.63) is 59.9 Å². The maximum Gasteiger partial charge on any atom is 0.251 e. The summed E-state index contributed by atoms with van der Waals surface area (Å²) in [5, 5.41) is 2.78. The number of carbonyl (C=O) groups excluding carboxylic acids is 1. The molecule has 6 nitrogen and oxygen atoms in total. The first-order chi connectivity index (χ1) is 11.4. The van der Waals surface area contributed by atoms with Crippen LogP contribution >= 0.6 is 0 Å². The summed E-state index contributed by atoms with van der Waals surface area (Å²) in [5.41, 5.74) is 1.35. The van der Waals surface area contributed by atoms with E-state index in [9.17, 15) is 13.2 Å². The molecule has 2 rings (SSSR count). The van der Waals surface area contributed by atoms with Gasteiger partial charge < -0.3 is 5.32 Å². The third-order valence-corrected chi connectivity index (χ3v) is 4.75. The largest absolute Gasteiger partial charge is 0.348 e. The normalized spacial score (nSPS) is 11.5. The van der Waals surface area contributed by atoms with E-state index < -0.39 is 10.0 Å². The molecule has 1 amide bonds. The van der Waals surface area contributed by atoms with E-state index in [1.54, 1.807) is 12.4 Å². The van der Waals surface area contributed by atoms with Crippen molar-refractivity contribution in [3.63, 3.8) is 0 Å². The maximum absolute atomic E-state index is 12.1. The molecule has 0 atom stereocenters. The highest BCUT2D eigenvalue weighted by molar-refractivity contribution is 7.89. The van der Waals surface area contributed by atoms with Gasteiger partial charge in [0.2, 0.25) is 10.0 Å². The number of aromatic nitrogens is 1. The lowest BCUT2D eigenvalue weighted by molar-refractivity contribution is 0.0951. The second-order valence-corrected chi connectivity index (χ2v) is 7.58. The molecular weight excluding hydrogens is 326 g/mol. The minimum absolute atomic E-state index is 0.147. The van der Waals surface area contributed by atoms with Gasteiger partial charge in [-0.3, -0.25) is 9.78 Å². The summed E-state index contributed by atoms with van der Waals surface area (Å²) < 4.78 is 26.8. The van der Waals surface area contributed by atoms with Crippen LogP contribution in [0.3, 0.4) is 0 Å². The third kappa shape index (κ3) is 5.14. The van der Waals surface area contributed by atoms with Gasteiger partial charge in [0.25, 0.3) is 5.91 Å². The molecule has 0 saturated carbocycles. The van der Waals surface area contributed by atoms with Crippen molar-refractivity contribution in [2.75, 3.05) is 6.54 Å². The van der Waals surface area contributed by atoms with Crippen LogP contribution in [0.15, 0.2) is 53.7 Å². The lowest BCUT2D eigenvalue weighted by atomic mass is 10.2. The topological polar surface area (TPSA) is 88.2 Å². The first kappa shape index (κ1) is 18.1. The average molecular weight is 347 g/mol. The van der Waals surface area contributed by atoms with Gasteiger partial charge in [0.05, 0.1) is 4.90 Å². The highest BCUT2D eigenvalue weighted by atomic mass is 32.2. The third-order valence-electron chi connectivity index (χ3n) is 3.31. The van der Waals surface area contributed by atoms with Crippen LogP contribution in [0.2, 0.25) is 0 Å². The van der Waals surface area contributed by atoms with Crippen molar-refractivity contribution in [1.82, 2.24) is 15.0 Å². The molecule has 0 radical (unpaired) electrons. The number of hydrogen-bond acceptors (Lipinski definition) is 4. The Morgan fingerprint density at radius 2 is 1.71 bits per heavy atom. The number of amides is 1. The molecule has 0 unspecified atom stereocenters. The Morgan fingerprint density at radius 3 is 2.29 bits per heavy atom. The van der Waals surface area contributed by atoms with E-state index in [-0.39, 0.29) is 16.7 Å². The second kappa shape index (κ2) is 8.03. The number of carbonyl (C=O) groups is 1. The molecular formula is C17H21N3O3S. The minimum atomic E-state index is -3.54. The molecule has 2 aromatic rings. The van der Waals surface area contributed by atoms with E-state index in [0.717, 1.165) is 5.56 Å². The number of nitrogens with zero attached hydrogens (tertiary/aromatic N) is 1. The van der Waals surface area contributed by atoms with Crippen LogP contribution in [0, 0.1) is 5.92 Å². The monoisotopic (exact) mass is 347 g/mol. The minimum Gasteiger partial charge on any atom is -0.348 e. The summed E-state index contributed by atoms with van der Waals surface area (Å²) in [5.74, 6) is -0.0380. The molecule has 0 aliphatic rings. The summed E-state index contributed by atoms with van der Waals surface area (Å²) in [6.07, 6.45) is 3.32. The zero-order valence-corrected chi connectivity index (χ0v) is 14.5. The van der Waals surface area contributed by atoms with Crippen molar-refractivity contribution in [3.8, 4) is 0 Å². The summed E-state index contributed by atoms with van der Waals surface area (Å²) in [6.45, 7) is 4.62. The number of benzene rings is 1. The zero-order valence-electron chi connectivity index (χ0n) is 13.7. The fraction of sp³-hybridized carbons (Fsp3) is 0.294. The van der Waals surface area contributed by atoms with E-state index in [4.69, 9.17) is 0 Å². The van der Waals surface area contributed by atoms with Crippen molar-refractivity contribution >= 4 is 15.9 Å². The molecule has 0 bridgehead atoms. The molecule has 0 spiro atoms. The van der Waals surface area contributed by atoms with Gasteiger partial charge in [0.15, 0.2) is 0 Å². The Morgan fingerprint density at radius 1 is 1.08 bits per heavy atom. The van der Waals surface area contributed by atoms with Gasteiger partial charge in [0.1, 0.15) is 0 Å². The Kier molecular flexibility index (Phi) is 6.05. The number of nitrogens with one attached hydrogen (secondary N) is 2. The molecule has 2 N–H and O–H groups in total. The molecule has 7 heteroatoms. The first-order valence-electron chi connectivity index (χ1n) is 7.65. The van der Waals surface area contributed by atoms with E-state index in [1.807, 2.05) is 26.0 Å². The van der Waals surface area contributed by atoms with E-state index in [2.05, 4.69) is 15.0 Å². The first-order valence-corrected chi connectivity index (χ1v) is 9.13. The molecule has 0 fully saturated rings. The smallest absolute Gasteiger partial charge is 0.251 e. The molecule has 0 saturated heterocycles. The van der Waals surface area contributed by atoms with E-state index in [0.29, 0.717) is 18.7 Å². The molecule has 1 heterocycles. The number of sulfonamides is 1. The van der Waals surface area contributed by atoms with Crippen LogP contribution < -0.4 is 10.0 Å². The van der Waals surface area contributed by atoms with Gasteiger partial charge in [-0.1, -0.05) is 13.8 Å². The fourth-order valence-corrected chi connectivity index (χ4v) is 3.14. The van der Waals surface area contributed by atoms with Gasteiger partial charge in [-0.15, -0.1) is 0 Å². The highest BCUT2D eigenvalue weighted by Gasteiger charge is 2.15. The van der Waals surface area contributed by atoms with E-state index in [1.165, 1.54) is 24.3 Å². The lowest BCUT2D eigenvalue weighted by Crippen LogP contribution is -2.27. The van der Waals surface area contributed by atoms with Gasteiger partial charge >= 0.3 is 0 Å². The SMILES string of the molecule is CC(C)CNS(=O)(=O)c1ccc(C(=O)NCc2ccncc2)cc1. The van der Waals surface area contributed by atoms with Crippen molar-refractivity contribution in [2.24, 2.45) is 5.92 Å². The molecule has 128 valence electrons. The summed E-state index contributed by atoms with van der Waals surface area (Å²) in [6, 6.07) is 9.51. The number of pyridine rings is 1. The zero-order chi connectivity index (χ0) is 17.6. The highest BCUT2D eigenvalue weighted by Crippen LogP contribution is 2.11. The molecule has 24 heavy (non-hydrogen) atoms. The van der Waals surface area contributed by atoms with Crippen LogP contribution in [0.5, 0.6) is 0 Å². The van der Waals surface area contributed by atoms with Gasteiger partial charge in [0, 0.05) is 31.0 Å². The predicted molar refractivity (Wildman–Crippen MR) is 91.9 cm³/mol. The van der Waals surface area contributed by atoms with Crippen molar-refractivity contribution < 1.29 is 13.2 Å². The Balaban J connectivity index is 1.99. The van der Waals surface area contributed by atoms with Gasteiger partial charge in [-0.05, 0) is 47.9 Å². The molecule has 0 aliphatic carbocycles. The second-order valence-electron chi connectivity index (χ2n) is 5.81. The summed E-state index contributed by atoms with van der Waals surface area (Å²) >= 11 is 0. The Bertz CT molecular complexity index is 772. The number of rotatable bonds is 7. The van der Waals surface area contributed by atoms with Crippen LogP contribution in [0.25, 0.3) is 0 Å². The van der Waals surface area contributed by atoms with E-state index >= 15 is 0 Å². The fourth-order valence-electron chi connectivity index (χ4n) is 1.93.